The highest BCUT2D eigenvalue weighted by Gasteiger charge is 2.25. The molecule has 0 saturated carbocycles. The molecule has 116 valence electrons. The average molecular weight is 318 g/mol. The number of amides is 1. The van der Waals surface area contributed by atoms with Crippen molar-refractivity contribution in [2.75, 3.05) is 11.9 Å². The first-order valence-corrected chi connectivity index (χ1v) is 7.72. The average Bonchev–Trinajstić information content (AvgIpc) is 2.55. The van der Waals surface area contributed by atoms with Crippen molar-refractivity contribution in [1.82, 2.24) is 0 Å². The summed E-state index contributed by atoms with van der Waals surface area (Å²) in [5, 5.41) is 12.8. The molecule has 0 aliphatic carbocycles. The first-order chi connectivity index (χ1) is 10.6. The van der Waals surface area contributed by atoms with Crippen molar-refractivity contribution in [1.29, 1.82) is 0 Å². The van der Waals surface area contributed by atoms with Crippen LogP contribution in [0.2, 0.25) is 5.02 Å². The highest BCUT2D eigenvalue weighted by atomic mass is 35.5. The third-order valence-corrected chi connectivity index (χ3v) is 4.07. The summed E-state index contributed by atoms with van der Waals surface area (Å²) < 4.78 is 0. The van der Waals surface area contributed by atoms with Gasteiger partial charge in [-0.3, -0.25) is 4.79 Å². The monoisotopic (exact) mass is 317 g/mol. The standard InChI is InChI=1S/C18H20ClNO2/c1-13(14-5-3-2-4-6-14)17(11-12-21)18(22)20-16-9-7-15(19)8-10-16/h2-10,13,17,21H,11-12H2,1H3,(H,20,22). The second kappa shape index (κ2) is 7.97. The van der Waals surface area contributed by atoms with Crippen LogP contribution in [0, 0.1) is 5.92 Å². The molecule has 2 rings (SSSR count). The molecule has 22 heavy (non-hydrogen) atoms. The van der Waals surface area contributed by atoms with E-state index in [-0.39, 0.29) is 24.3 Å². The number of halogens is 1. The Balaban J connectivity index is 2.12. The molecule has 0 aliphatic rings. The molecule has 0 bridgehead atoms. The highest BCUT2D eigenvalue weighted by Crippen LogP contribution is 2.28. The van der Waals surface area contributed by atoms with Gasteiger partial charge in [0.25, 0.3) is 0 Å². The normalized spacial score (nSPS) is 13.4. The van der Waals surface area contributed by atoms with Crippen LogP contribution < -0.4 is 5.32 Å². The SMILES string of the molecule is CC(c1ccccc1)C(CCO)C(=O)Nc1ccc(Cl)cc1. The number of aliphatic hydroxyl groups is 1. The van der Waals surface area contributed by atoms with E-state index in [0.29, 0.717) is 17.1 Å². The van der Waals surface area contributed by atoms with E-state index in [0.717, 1.165) is 5.56 Å². The lowest BCUT2D eigenvalue weighted by Gasteiger charge is -2.23. The predicted molar refractivity (Wildman–Crippen MR) is 90.1 cm³/mol. The molecule has 2 N–H and O–H groups in total. The fraction of sp³-hybridized carbons (Fsp3) is 0.278. The second-order valence-corrected chi connectivity index (χ2v) is 5.75. The second-order valence-electron chi connectivity index (χ2n) is 5.31. The Morgan fingerprint density at radius 1 is 1.14 bits per heavy atom. The first kappa shape index (κ1) is 16.5. The van der Waals surface area contributed by atoms with Gasteiger partial charge in [0.15, 0.2) is 0 Å². The maximum absolute atomic E-state index is 12.5. The van der Waals surface area contributed by atoms with Gasteiger partial charge in [0.1, 0.15) is 0 Å². The summed E-state index contributed by atoms with van der Waals surface area (Å²) in [6.07, 6.45) is 0.426. The summed E-state index contributed by atoms with van der Waals surface area (Å²) in [5.41, 5.74) is 1.80. The third kappa shape index (κ3) is 4.33. The lowest BCUT2D eigenvalue weighted by atomic mass is 9.85. The number of carbonyl (C=O) groups excluding carboxylic acids is 1. The van der Waals surface area contributed by atoms with Crippen LogP contribution in [0.15, 0.2) is 54.6 Å². The zero-order valence-corrected chi connectivity index (χ0v) is 13.3. The number of benzene rings is 2. The maximum atomic E-state index is 12.5. The summed E-state index contributed by atoms with van der Waals surface area (Å²) in [5.74, 6) is -0.351. The van der Waals surface area contributed by atoms with Crippen molar-refractivity contribution in [3.05, 3.63) is 65.2 Å². The quantitative estimate of drug-likeness (QED) is 0.843. The molecule has 0 fully saturated rings. The van der Waals surface area contributed by atoms with Gasteiger partial charge in [-0.2, -0.15) is 0 Å². The summed E-state index contributed by atoms with van der Waals surface area (Å²) in [4.78, 5) is 12.5. The Kier molecular flexibility index (Phi) is 5.99. The largest absolute Gasteiger partial charge is 0.396 e. The Hall–Kier alpha value is -1.84. The number of hydrogen-bond acceptors (Lipinski definition) is 2. The smallest absolute Gasteiger partial charge is 0.228 e. The van der Waals surface area contributed by atoms with Gasteiger partial charge in [0.05, 0.1) is 0 Å². The van der Waals surface area contributed by atoms with Crippen LogP contribution in [0.4, 0.5) is 5.69 Å². The first-order valence-electron chi connectivity index (χ1n) is 7.34. The van der Waals surface area contributed by atoms with Crippen LogP contribution >= 0.6 is 11.6 Å². The molecular formula is C18H20ClNO2. The molecular weight excluding hydrogens is 298 g/mol. The lowest BCUT2D eigenvalue weighted by molar-refractivity contribution is -0.121. The van der Waals surface area contributed by atoms with E-state index in [1.54, 1.807) is 24.3 Å². The van der Waals surface area contributed by atoms with Gasteiger partial charge in [0, 0.05) is 23.2 Å². The van der Waals surface area contributed by atoms with E-state index in [4.69, 9.17) is 11.6 Å². The highest BCUT2D eigenvalue weighted by molar-refractivity contribution is 6.30. The number of aliphatic hydroxyl groups excluding tert-OH is 1. The zero-order chi connectivity index (χ0) is 15.9. The van der Waals surface area contributed by atoms with E-state index in [9.17, 15) is 9.90 Å². The fourth-order valence-electron chi connectivity index (χ4n) is 2.50. The Morgan fingerprint density at radius 3 is 2.36 bits per heavy atom. The van der Waals surface area contributed by atoms with Crippen LogP contribution in [0.1, 0.15) is 24.8 Å². The third-order valence-electron chi connectivity index (χ3n) is 3.82. The molecule has 0 heterocycles. The molecule has 4 heteroatoms. The minimum absolute atomic E-state index is 0.0180. The summed E-state index contributed by atoms with van der Waals surface area (Å²) in [6, 6.07) is 16.9. The minimum Gasteiger partial charge on any atom is -0.396 e. The zero-order valence-electron chi connectivity index (χ0n) is 12.5. The van der Waals surface area contributed by atoms with E-state index >= 15 is 0 Å². The van der Waals surface area contributed by atoms with Crippen molar-refractivity contribution < 1.29 is 9.90 Å². The fourth-order valence-corrected chi connectivity index (χ4v) is 2.63. The van der Waals surface area contributed by atoms with Gasteiger partial charge >= 0.3 is 0 Å². The van der Waals surface area contributed by atoms with Gasteiger partial charge < -0.3 is 10.4 Å². The lowest BCUT2D eigenvalue weighted by Crippen LogP contribution is -2.28. The van der Waals surface area contributed by atoms with Gasteiger partial charge in [-0.15, -0.1) is 0 Å². The van der Waals surface area contributed by atoms with Gasteiger partial charge in [-0.05, 0) is 42.2 Å². The number of nitrogens with one attached hydrogen (secondary N) is 1. The minimum atomic E-state index is -0.289. The Morgan fingerprint density at radius 2 is 1.77 bits per heavy atom. The molecule has 2 aromatic carbocycles. The van der Waals surface area contributed by atoms with E-state index in [1.165, 1.54) is 0 Å². The van der Waals surface area contributed by atoms with Gasteiger partial charge in [0.2, 0.25) is 5.91 Å². The van der Waals surface area contributed by atoms with Crippen LogP contribution in [-0.2, 0) is 4.79 Å². The molecule has 1 amide bonds. The van der Waals surface area contributed by atoms with Gasteiger partial charge in [-0.1, -0.05) is 48.9 Å². The number of hydrogen-bond donors (Lipinski definition) is 2. The summed E-state index contributed by atoms with van der Waals surface area (Å²) >= 11 is 5.85. The Bertz CT molecular complexity index is 598. The van der Waals surface area contributed by atoms with Crippen molar-refractivity contribution in [2.45, 2.75) is 19.3 Å². The molecule has 3 nitrogen and oxygen atoms in total. The maximum Gasteiger partial charge on any atom is 0.228 e. The van der Waals surface area contributed by atoms with Crippen LogP contribution in [-0.4, -0.2) is 17.6 Å². The number of rotatable bonds is 6. The molecule has 2 atom stereocenters. The molecule has 0 radical (unpaired) electrons. The number of anilines is 1. The van der Waals surface area contributed by atoms with Crippen LogP contribution in [0.5, 0.6) is 0 Å². The van der Waals surface area contributed by atoms with Crippen LogP contribution in [0.3, 0.4) is 0 Å². The molecule has 0 saturated heterocycles. The van der Waals surface area contributed by atoms with Crippen molar-refractivity contribution in [3.63, 3.8) is 0 Å². The molecule has 0 spiro atoms. The van der Waals surface area contributed by atoms with Gasteiger partial charge in [-0.25, -0.2) is 0 Å². The topological polar surface area (TPSA) is 49.3 Å². The molecule has 2 unspecified atom stereocenters. The van der Waals surface area contributed by atoms with Crippen molar-refractivity contribution in [3.8, 4) is 0 Å². The predicted octanol–water partition coefficient (Wildman–Crippen LogP) is 4.08. The Labute approximate surface area is 135 Å². The molecule has 0 aliphatic heterocycles. The molecule has 2 aromatic rings. The summed E-state index contributed by atoms with van der Waals surface area (Å²) in [7, 11) is 0. The summed E-state index contributed by atoms with van der Waals surface area (Å²) in [6.45, 7) is 1.99. The van der Waals surface area contributed by atoms with Crippen molar-refractivity contribution in [2.24, 2.45) is 5.92 Å². The van der Waals surface area contributed by atoms with Crippen molar-refractivity contribution >= 4 is 23.2 Å². The van der Waals surface area contributed by atoms with E-state index in [1.807, 2.05) is 37.3 Å². The van der Waals surface area contributed by atoms with Crippen LogP contribution in [0.25, 0.3) is 0 Å². The van der Waals surface area contributed by atoms with E-state index in [2.05, 4.69) is 5.32 Å². The molecule has 0 aromatic heterocycles. The van der Waals surface area contributed by atoms with E-state index < -0.39 is 0 Å². The number of carbonyl (C=O) groups is 1.